The minimum atomic E-state index is 0. The molecule has 0 spiro atoms. The average molecular weight is 232 g/mol. The standard InChI is InChI=1S/C6H4N5.Rb/c7-6-5-4(9-3-11-6)1-8-2-10-5;/h1-3H,(H-,7,9,11);/q-1;+1. The molecule has 0 saturated heterocycles. The molecule has 2 aromatic heterocycles. The molecule has 0 bridgehead atoms. The molecule has 0 atom stereocenters. The van der Waals surface area contributed by atoms with Gasteiger partial charge in [0.1, 0.15) is 11.8 Å². The van der Waals surface area contributed by atoms with Crippen LogP contribution in [-0.4, -0.2) is 19.9 Å². The minimum absolute atomic E-state index is 0. The van der Waals surface area contributed by atoms with Crippen molar-refractivity contribution < 1.29 is 58.2 Å². The van der Waals surface area contributed by atoms with Crippen LogP contribution in [-0.2, 0) is 0 Å². The van der Waals surface area contributed by atoms with Crippen molar-refractivity contribution in [3.63, 3.8) is 0 Å². The maximum atomic E-state index is 7.32. The molecule has 0 aliphatic carbocycles. The summed E-state index contributed by atoms with van der Waals surface area (Å²) in [6, 6.07) is 0. The van der Waals surface area contributed by atoms with Gasteiger partial charge in [-0.15, -0.1) is 0 Å². The Morgan fingerprint density at radius 2 is 1.92 bits per heavy atom. The second kappa shape index (κ2) is 4.31. The fourth-order valence-corrected chi connectivity index (χ4v) is 0.809. The van der Waals surface area contributed by atoms with E-state index < -0.39 is 0 Å². The van der Waals surface area contributed by atoms with E-state index in [1.807, 2.05) is 0 Å². The van der Waals surface area contributed by atoms with Crippen LogP contribution in [0.1, 0.15) is 0 Å². The van der Waals surface area contributed by atoms with Crippen LogP contribution in [0, 0.1) is 0 Å². The molecule has 0 aromatic carbocycles. The SMILES string of the molecule is [NH-]c1ncnc2cncnc12.[Rb+]. The van der Waals surface area contributed by atoms with Crippen molar-refractivity contribution in [2.45, 2.75) is 0 Å². The minimum Gasteiger partial charge on any atom is -0.480 e. The first-order chi connectivity index (χ1) is 5.38. The van der Waals surface area contributed by atoms with E-state index in [2.05, 4.69) is 19.9 Å². The van der Waals surface area contributed by atoms with Crippen LogP contribution >= 0.6 is 0 Å². The molecule has 0 radical (unpaired) electrons. The van der Waals surface area contributed by atoms with Gasteiger partial charge < -0.3 is 10.7 Å². The summed E-state index contributed by atoms with van der Waals surface area (Å²) in [6.07, 6.45) is 4.26. The summed E-state index contributed by atoms with van der Waals surface area (Å²) in [4.78, 5) is 15.2. The first-order valence-electron chi connectivity index (χ1n) is 3.00. The molecule has 12 heavy (non-hydrogen) atoms. The normalized spacial score (nSPS) is 9.33. The predicted molar refractivity (Wildman–Crippen MR) is 39.1 cm³/mol. The van der Waals surface area contributed by atoms with Crippen molar-refractivity contribution in [1.82, 2.24) is 19.9 Å². The molecule has 0 aliphatic rings. The molecule has 0 amide bonds. The third-order valence-corrected chi connectivity index (χ3v) is 1.30. The number of nitrogens with one attached hydrogen (secondary N) is 1. The second-order valence-electron chi connectivity index (χ2n) is 1.98. The van der Waals surface area contributed by atoms with Gasteiger partial charge in [-0.05, 0) is 5.82 Å². The van der Waals surface area contributed by atoms with Crippen LogP contribution in [0.3, 0.4) is 0 Å². The van der Waals surface area contributed by atoms with Gasteiger partial charge in [0.2, 0.25) is 0 Å². The Morgan fingerprint density at radius 3 is 2.67 bits per heavy atom. The molecule has 2 aromatic rings. The fraction of sp³-hybridized carbons (Fsp3) is 0. The number of hydrogen-bond donors (Lipinski definition) is 0. The van der Waals surface area contributed by atoms with Crippen LogP contribution < -0.4 is 58.2 Å². The molecular formula is C6H4N5Rb. The van der Waals surface area contributed by atoms with E-state index in [9.17, 15) is 0 Å². The summed E-state index contributed by atoms with van der Waals surface area (Å²) < 4.78 is 0. The third-order valence-electron chi connectivity index (χ3n) is 1.30. The molecular weight excluding hydrogens is 228 g/mol. The van der Waals surface area contributed by atoms with Crippen LogP contribution in [0.2, 0.25) is 0 Å². The van der Waals surface area contributed by atoms with E-state index in [0.29, 0.717) is 11.0 Å². The van der Waals surface area contributed by atoms with E-state index in [0.717, 1.165) is 0 Å². The van der Waals surface area contributed by atoms with E-state index in [1.165, 1.54) is 12.7 Å². The van der Waals surface area contributed by atoms with E-state index in [4.69, 9.17) is 5.73 Å². The average Bonchev–Trinajstić information content (AvgIpc) is 2.06. The van der Waals surface area contributed by atoms with Crippen LogP contribution in [0.25, 0.3) is 16.8 Å². The summed E-state index contributed by atoms with van der Waals surface area (Å²) in [7, 11) is 0. The van der Waals surface area contributed by atoms with Crippen molar-refractivity contribution in [2.24, 2.45) is 0 Å². The number of hydrogen-bond acceptors (Lipinski definition) is 4. The van der Waals surface area contributed by atoms with Gasteiger partial charge in [-0.2, -0.15) is 0 Å². The Bertz CT molecular complexity index is 385. The van der Waals surface area contributed by atoms with Gasteiger partial charge in [-0.25, -0.2) is 9.97 Å². The maximum Gasteiger partial charge on any atom is 1.00 e. The molecule has 0 saturated carbocycles. The largest absolute Gasteiger partial charge is 1.00 e. The molecule has 0 fully saturated rings. The first kappa shape index (κ1) is 10.1. The molecule has 0 aliphatic heterocycles. The Kier molecular flexibility index (Phi) is 3.63. The number of aromatic nitrogens is 4. The molecule has 54 valence electrons. The van der Waals surface area contributed by atoms with Crippen molar-refractivity contribution in [1.29, 1.82) is 0 Å². The molecule has 1 N–H and O–H groups in total. The number of fused-ring (bicyclic) bond motifs is 1. The zero-order valence-electron chi connectivity index (χ0n) is 6.52. The smallest absolute Gasteiger partial charge is 0.480 e. The van der Waals surface area contributed by atoms with Crippen molar-refractivity contribution in [2.75, 3.05) is 0 Å². The molecule has 2 heterocycles. The Hall–Kier alpha value is 0.0252. The monoisotopic (exact) mass is 231 g/mol. The maximum absolute atomic E-state index is 7.32. The van der Waals surface area contributed by atoms with Gasteiger partial charge in [0.05, 0.1) is 11.7 Å². The summed E-state index contributed by atoms with van der Waals surface area (Å²) in [5, 5.41) is 0. The van der Waals surface area contributed by atoms with Gasteiger partial charge in [-0.3, -0.25) is 4.98 Å². The van der Waals surface area contributed by atoms with Crippen molar-refractivity contribution in [3.8, 4) is 0 Å². The molecule has 6 heteroatoms. The van der Waals surface area contributed by atoms with Gasteiger partial charge in [-0.1, -0.05) is 0 Å². The van der Waals surface area contributed by atoms with E-state index >= 15 is 0 Å². The summed E-state index contributed by atoms with van der Waals surface area (Å²) >= 11 is 0. The van der Waals surface area contributed by atoms with Crippen LogP contribution in [0.4, 0.5) is 5.82 Å². The Morgan fingerprint density at radius 1 is 1.08 bits per heavy atom. The Labute approximate surface area is 118 Å². The zero-order chi connectivity index (χ0) is 7.68. The van der Waals surface area contributed by atoms with Gasteiger partial charge in [0, 0.05) is 6.33 Å². The molecule has 2 rings (SSSR count). The third kappa shape index (κ3) is 1.85. The van der Waals surface area contributed by atoms with Crippen molar-refractivity contribution in [3.05, 3.63) is 24.6 Å². The predicted octanol–water partition coefficient (Wildman–Crippen LogP) is -1.89. The van der Waals surface area contributed by atoms with Gasteiger partial charge in [0.25, 0.3) is 0 Å². The van der Waals surface area contributed by atoms with Crippen LogP contribution in [0.5, 0.6) is 0 Å². The van der Waals surface area contributed by atoms with E-state index in [-0.39, 0.29) is 64.0 Å². The van der Waals surface area contributed by atoms with Crippen LogP contribution in [0.15, 0.2) is 18.9 Å². The second-order valence-corrected chi connectivity index (χ2v) is 1.98. The van der Waals surface area contributed by atoms with Crippen molar-refractivity contribution >= 4 is 16.9 Å². The Balaban J connectivity index is 0.000000720. The first-order valence-corrected chi connectivity index (χ1v) is 3.00. The van der Waals surface area contributed by atoms with Gasteiger partial charge >= 0.3 is 58.2 Å². The van der Waals surface area contributed by atoms with Gasteiger partial charge in [0.15, 0.2) is 0 Å². The topological polar surface area (TPSA) is 75.4 Å². The number of rotatable bonds is 0. The zero-order valence-corrected chi connectivity index (χ0v) is 11.4. The summed E-state index contributed by atoms with van der Waals surface area (Å²) in [5.74, 6) is 0.136. The molecule has 0 unspecified atom stereocenters. The fourth-order valence-electron chi connectivity index (χ4n) is 0.809. The van der Waals surface area contributed by atoms with E-state index in [1.54, 1.807) is 6.20 Å². The number of nitrogens with zero attached hydrogens (tertiary/aromatic N) is 4. The summed E-state index contributed by atoms with van der Waals surface area (Å²) in [5.41, 5.74) is 8.41. The quantitative estimate of drug-likeness (QED) is 0.531. The molecule has 5 nitrogen and oxygen atoms in total. The summed E-state index contributed by atoms with van der Waals surface area (Å²) in [6.45, 7) is 0.